The van der Waals surface area contributed by atoms with E-state index in [2.05, 4.69) is 34.0 Å². The molecule has 0 fully saturated rings. The number of nitrogens with zero attached hydrogens (tertiary/aromatic N) is 1. The van der Waals surface area contributed by atoms with Crippen molar-refractivity contribution in [1.82, 2.24) is 10.3 Å². The van der Waals surface area contributed by atoms with Crippen molar-refractivity contribution in [2.45, 2.75) is 20.0 Å². The fraction of sp³-hybridized carbons (Fsp3) is 0.158. The van der Waals surface area contributed by atoms with E-state index in [1.165, 1.54) is 10.4 Å². The van der Waals surface area contributed by atoms with Crippen LogP contribution in [0.25, 0.3) is 0 Å². The van der Waals surface area contributed by atoms with Crippen molar-refractivity contribution < 1.29 is 4.79 Å². The molecule has 0 radical (unpaired) electrons. The van der Waals surface area contributed by atoms with Gasteiger partial charge in [-0.15, -0.1) is 11.3 Å². The van der Waals surface area contributed by atoms with Crippen LogP contribution in [0.1, 0.15) is 26.4 Å². The van der Waals surface area contributed by atoms with Crippen LogP contribution in [-0.2, 0) is 13.1 Å². The Morgan fingerprint density at radius 3 is 2.46 bits per heavy atom. The van der Waals surface area contributed by atoms with Gasteiger partial charge < -0.3 is 10.6 Å². The molecule has 1 aromatic carbocycles. The molecule has 2 heterocycles. The molecule has 0 aliphatic rings. The first-order valence-corrected chi connectivity index (χ1v) is 8.64. The summed E-state index contributed by atoms with van der Waals surface area (Å²) in [6.45, 7) is 3.42. The maximum Gasteiger partial charge on any atom is 0.251 e. The van der Waals surface area contributed by atoms with Gasteiger partial charge in [0.15, 0.2) is 0 Å². The predicted molar refractivity (Wildman–Crippen MR) is 98.2 cm³/mol. The molecular formula is C19H19N3OS. The SMILES string of the molecule is Cc1ccsc1CNc1ccc(C(=O)NCc2ccncc2)cc1. The van der Waals surface area contributed by atoms with Crippen molar-refractivity contribution in [3.05, 3.63) is 81.8 Å². The maximum absolute atomic E-state index is 12.2. The number of rotatable bonds is 6. The second kappa shape index (κ2) is 7.75. The smallest absolute Gasteiger partial charge is 0.251 e. The second-order valence-corrected chi connectivity index (χ2v) is 6.50. The molecule has 4 nitrogen and oxygen atoms in total. The molecule has 2 N–H and O–H groups in total. The zero-order valence-electron chi connectivity index (χ0n) is 13.5. The topological polar surface area (TPSA) is 54.0 Å². The van der Waals surface area contributed by atoms with E-state index in [1.807, 2.05) is 36.4 Å². The van der Waals surface area contributed by atoms with E-state index in [-0.39, 0.29) is 5.91 Å². The lowest BCUT2D eigenvalue weighted by Gasteiger charge is -2.08. The fourth-order valence-electron chi connectivity index (χ4n) is 2.29. The van der Waals surface area contributed by atoms with E-state index in [0.29, 0.717) is 12.1 Å². The van der Waals surface area contributed by atoms with Crippen LogP contribution < -0.4 is 10.6 Å². The molecule has 0 aliphatic heterocycles. The lowest BCUT2D eigenvalue weighted by atomic mass is 10.2. The van der Waals surface area contributed by atoms with Crippen LogP contribution in [0, 0.1) is 6.92 Å². The fourth-order valence-corrected chi connectivity index (χ4v) is 3.14. The number of nitrogens with one attached hydrogen (secondary N) is 2. The summed E-state index contributed by atoms with van der Waals surface area (Å²) in [7, 11) is 0. The Balaban J connectivity index is 1.53. The van der Waals surface area contributed by atoms with E-state index < -0.39 is 0 Å². The molecule has 24 heavy (non-hydrogen) atoms. The summed E-state index contributed by atoms with van der Waals surface area (Å²) < 4.78 is 0. The van der Waals surface area contributed by atoms with E-state index in [4.69, 9.17) is 0 Å². The summed E-state index contributed by atoms with van der Waals surface area (Å²) >= 11 is 1.75. The van der Waals surface area contributed by atoms with Gasteiger partial charge in [-0.05, 0) is 65.9 Å². The number of anilines is 1. The monoisotopic (exact) mass is 337 g/mol. The largest absolute Gasteiger partial charge is 0.380 e. The van der Waals surface area contributed by atoms with Gasteiger partial charge in [-0.1, -0.05) is 0 Å². The quantitative estimate of drug-likeness (QED) is 0.715. The van der Waals surface area contributed by atoms with E-state index in [0.717, 1.165) is 17.8 Å². The minimum absolute atomic E-state index is 0.0764. The lowest BCUT2D eigenvalue weighted by Crippen LogP contribution is -2.22. The first-order valence-electron chi connectivity index (χ1n) is 7.76. The first-order chi connectivity index (χ1) is 11.7. The number of thiophene rings is 1. The van der Waals surface area contributed by atoms with E-state index in [1.54, 1.807) is 23.7 Å². The molecule has 2 aromatic heterocycles. The molecule has 5 heteroatoms. The van der Waals surface area contributed by atoms with Crippen molar-refractivity contribution in [3.63, 3.8) is 0 Å². The Kier molecular flexibility index (Phi) is 5.23. The maximum atomic E-state index is 12.2. The lowest BCUT2D eigenvalue weighted by molar-refractivity contribution is 0.0951. The zero-order chi connectivity index (χ0) is 16.8. The molecule has 3 aromatic rings. The first kappa shape index (κ1) is 16.2. The number of aryl methyl sites for hydroxylation is 1. The number of carbonyl (C=O) groups excluding carboxylic acids is 1. The van der Waals surface area contributed by atoms with Crippen molar-refractivity contribution in [2.24, 2.45) is 0 Å². The van der Waals surface area contributed by atoms with Crippen LogP contribution in [0.3, 0.4) is 0 Å². The van der Waals surface area contributed by atoms with Gasteiger partial charge in [0, 0.05) is 41.6 Å². The molecule has 0 bridgehead atoms. The second-order valence-electron chi connectivity index (χ2n) is 5.50. The Hall–Kier alpha value is -2.66. The standard InChI is InChI=1S/C19H19N3OS/c1-14-8-11-24-18(14)13-21-17-4-2-16(3-5-17)19(23)22-12-15-6-9-20-10-7-15/h2-11,21H,12-13H2,1H3,(H,22,23). The molecule has 0 saturated carbocycles. The number of hydrogen-bond donors (Lipinski definition) is 2. The summed E-state index contributed by atoms with van der Waals surface area (Å²) in [5, 5.41) is 8.39. The summed E-state index contributed by atoms with van der Waals surface area (Å²) in [6, 6.07) is 13.4. The number of pyridine rings is 1. The summed E-state index contributed by atoms with van der Waals surface area (Å²) in [5.74, 6) is -0.0764. The Bertz CT molecular complexity index is 797. The van der Waals surface area contributed by atoms with Crippen molar-refractivity contribution in [3.8, 4) is 0 Å². The van der Waals surface area contributed by atoms with E-state index in [9.17, 15) is 4.79 Å². The van der Waals surface area contributed by atoms with Crippen LogP contribution in [0.2, 0.25) is 0 Å². The van der Waals surface area contributed by atoms with Gasteiger partial charge in [-0.25, -0.2) is 0 Å². The number of amides is 1. The Morgan fingerprint density at radius 2 is 1.79 bits per heavy atom. The van der Waals surface area contributed by atoms with Crippen LogP contribution >= 0.6 is 11.3 Å². The number of aromatic nitrogens is 1. The highest BCUT2D eigenvalue weighted by Crippen LogP contribution is 2.18. The Labute approximate surface area is 145 Å². The number of benzene rings is 1. The molecule has 0 saturated heterocycles. The minimum atomic E-state index is -0.0764. The van der Waals surface area contributed by atoms with Gasteiger partial charge in [-0.3, -0.25) is 9.78 Å². The van der Waals surface area contributed by atoms with Crippen molar-refractivity contribution in [1.29, 1.82) is 0 Å². The number of carbonyl (C=O) groups is 1. The molecule has 3 rings (SSSR count). The molecule has 0 atom stereocenters. The molecule has 122 valence electrons. The molecule has 1 amide bonds. The average Bonchev–Trinajstić information content (AvgIpc) is 3.04. The molecule has 0 spiro atoms. The van der Waals surface area contributed by atoms with Crippen molar-refractivity contribution in [2.75, 3.05) is 5.32 Å². The minimum Gasteiger partial charge on any atom is -0.380 e. The highest BCUT2D eigenvalue weighted by molar-refractivity contribution is 7.10. The third-order valence-electron chi connectivity index (χ3n) is 3.77. The van der Waals surface area contributed by atoms with Crippen LogP contribution in [0.5, 0.6) is 0 Å². The molecule has 0 unspecified atom stereocenters. The predicted octanol–water partition coefficient (Wildman–Crippen LogP) is 3.99. The summed E-state index contributed by atoms with van der Waals surface area (Å²) in [5.41, 5.74) is 4.00. The van der Waals surface area contributed by atoms with Gasteiger partial charge in [0.05, 0.1) is 0 Å². The highest BCUT2D eigenvalue weighted by atomic mass is 32.1. The van der Waals surface area contributed by atoms with Crippen LogP contribution in [0.15, 0.2) is 60.2 Å². The van der Waals surface area contributed by atoms with Crippen molar-refractivity contribution >= 4 is 22.9 Å². The third-order valence-corrected chi connectivity index (χ3v) is 4.79. The van der Waals surface area contributed by atoms with Crippen LogP contribution in [0.4, 0.5) is 5.69 Å². The summed E-state index contributed by atoms with van der Waals surface area (Å²) in [4.78, 5) is 17.5. The molecular weight excluding hydrogens is 318 g/mol. The summed E-state index contributed by atoms with van der Waals surface area (Å²) in [6.07, 6.45) is 3.44. The van der Waals surface area contributed by atoms with Crippen LogP contribution in [-0.4, -0.2) is 10.9 Å². The number of hydrogen-bond acceptors (Lipinski definition) is 4. The Morgan fingerprint density at radius 1 is 1.04 bits per heavy atom. The van der Waals surface area contributed by atoms with Gasteiger partial charge in [0.2, 0.25) is 0 Å². The van der Waals surface area contributed by atoms with Gasteiger partial charge in [-0.2, -0.15) is 0 Å². The van der Waals surface area contributed by atoms with Gasteiger partial charge in [0.25, 0.3) is 5.91 Å². The van der Waals surface area contributed by atoms with E-state index >= 15 is 0 Å². The third kappa shape index (κ3) is 4.20. The highest BCUT2D eigenvalue weighted by Gasteiger charge is 2.05. The molecule has 0 aliphatic carbocycles. The normalized spacial score (nSPS) is 10.4. The van der Waals surface area contributed by atoms with Gasteiger partial charge in [0.1, 0.15) is 0 Å². The van der Waals surface area contributed by atoms with Gasteiger partial charge >= 0.3 is 0 Å². The zero-order valence-corrected chi connectivity index (χ0v) is 14.3. The average molecular weight is 337 g/mol.